The molecule has 3 rings (SSSR count). The number of anilines is 1. The van der Waals surface area contributed by atoms with E-state index >= 15 is 0 Å². The summed E-state index contributed by atoms with van der Waals surface area (Å²) in [6, 6.07) is 8.62. The molecule has 32 heavy (non-hydrogen) atoms. The van der Waals surface area contributed by atoms with Crippen molar-refractivity contribution in [3.8, 4) is 5.75 Å². The number of nitrogens with one attached hydrogen (secondary N) is 1. The van der Waals surface area contributed by atoms with E-state index in [9.17, 15) is 18.0 Å². The van der Waals surface area contributed by atoms with E-state index in [4.69, 9.17) is 4.74 Å². The first-order valence-electron chi connectivity index (χ1n) is 10.4. The number of hydrogen-bond donors (Lipinski definition) is 1. The zero-order valence-corrected chi connectivity index (χ0v) is 17.9. The Bertz CT molecular complexity index is 926. The molecule has 0 radical (unpaired) electrons. The zero-order chi connectivity index (χ0) is 22.9. The molecule has 2 amide bonds. The lowest BCUT2D eigenvalue weighted by Crippen LogP contribution is -2.46. The summed E-state index contributed by atoms with van der Waals surface area (Å²) >= 11 is 0. The van der Waals surface area contributed by atoms with Crippen molar-refractivity contribution < 1.29 is 22.7 Å². The molecular weight excluding hydrogens is 423 g/mol. The maximum Gasteiger partial charge on any atom is 0.359 e. The molecule has 1 heterocycles. The Hall–Kier alpha value is -3.14. The van der Waals surface area contributed by atoms with Gasteiger partial charge >= 0.3 is 6.03 Å². The van der Waals surface area contributed by atoms with E-state index in [2.05, 4.69) is 31.4 Å². The van der Waals surface area contributed by atoms with Crippen LogP contribution in [0, 0.1) is 17.5 Å². The molecule has 0 atom stereocenters. The Morgan fingerprint density at radius 2 is 1.75 bits per heavy atom. The van der Waals surface area contributed by atoms with Gasteiger partial charge < -0.3 is 15.0 Å². The topological polar surface area (TPSA) is 69.5 Å². The van der Waals surface area contributed by atoms with Gasteiger partial charge in [0, 0.05) is 44.9 Å². The molecule has 10 heteroatoms. The minimum atomic E-state index is -1.59. The van der Waals surface area contributed by atoms with Crippen molar-refractivity contribution >= 4 is 17.4 Å². The molecule has 2 aromatic rings. The van der Waals surface area contributed by atoms with Gasteiger partial charge in [-0.25, -0.2) is 18.0 Å². The highest BCUT2D eigenvalue weighted by Crippen LogP contribution is 2.28. The van der Waals surface area contributed by atoms with Gasteiger partial charge in [-0.3, -0.25) is 4.90 Å². The highest BCUT2D eigenvalue weighted by molar-refractivity contribution is 5.74. The number of benzene rings is 2. The van der Waals surface area contributed by atoms with E-state index in [1.54, 1.807) is 7.11 Å². The molecule has 0 unspecified atom stereocenters. The third-order valence-corrected chi connectivity index (χ3v) is 5.20. The number of urea groups is 1. The number of methoxy groups -OCH3 is 1. The number of para-hydroxylation sites is 2. The second kappa shape index (κ2) is 11.5. The van der Waals surface area contributed by atoms with Crippen LogP contribution in [0.3, 0.4) is 0 Å². The van der Waals surface area contributed by atoms with E-state index in [1.165, 1.54) is 0 Å². The predicted octanol–water partition coefficient (Wildman–Crippen LogP) is 4.51. The monoisotopic (exact) mass is 449 g/mol. The minimum absolute atomic E-state index is 0.274. The van der Waals surface area contributed by atoms with Crippen molar-refractivity contribution in [2.24, 2.45) is 10.2 Å². The van der Waals surface area contributed by atoms with Crippen molar-refractivity contribution in [3.05, 3.63) is 53.8 Å². The number of piperazine rings is 1. The van der Waals surface area contributed by atoms with Crippen LogP contribution in [0.25, 0.3) is 0 Å². The molecule has 0 aromatic heterocycles. The van der Waals surface area contributed by atoms with E-state index in [-0.39, 0.29) is 5.69 Å². The van der Waals surface area contributed by atoms with Gasteiger partial charge in [0.15, 0.2) is 17.5 Å². The van der Waals surface area contributed by atoms with Crippen LogP contribution in [0.2, 0.25) is 0 Å². The lowest BCUT2D eigenvalue weighted by atomic mass is 10.2. The summed E-state index contributed by atoms with van der Waals surface area (Å²) in [7, 11) is 1.68. The number of nitrogens with zero attached hydrogens (tertiary/aromatic N) is 4. The van der Waals surface area contributed by atoms with Gasteiger partial charge in [-0.2, -0.15) is 0 Å². The first kappa shape index (κ1) is 23.5. The summed E-state index contributed by atoms with van der Waals surface area (Å²) in [5.41, 5.74) is 0.835. The molecular formula is C22H26F3N5O2. The minimum Gasteiger partial charge on any atom is -0.495 e. The summed E-state index contributed by atoms with van der Waals surface area (Å²) in [5.74, 6) is -3.48. The summed E-state index contributed by atoms with van der Waals surface area (Å²) in [6.45, 7) is 5.06. The Kier molecular flexibility index (Phi) is 8.43. The Labute approximate surface area is 184 Å². The molecule has 1 aliphatic rings. The smallest absolute Gasteiger partial charge is 0.359 e. The van der Waals surface area contributed by atoms with Crippen LogP contribution in [-0.2, 0) is 0 Å². The van der Waals surface area contributed by atoms with Crippen LogP contribution in [0.15, 0.2) is 46.6 Å². The van der Waals surface area contributed by atoms with Gasteiger partial charge in [0.05, 0.1) is 18.5 Å². The normalized spacial score (nSPS) is 14.7. The van der Waals surface area contributed by atoms with Gasteiger partial charge in [-0.15, -0.1) is 5.11 Å². The zero-order valence-electron chi connectivity index (χ0n) is 17.9. The van der Waals surface area contributed by atoms with Crippen molar-refractivity contribution in [2.75, 3.05) is 51.3 Å². The number of carbonyl (C=O) groups excluding carboxylic acids is 1. The standard InChI is InChI=1S/C22H26F3N5O2/c1-32-20-7-3-2-6-19(20)30-12-10-29(11-13-30)9-5-4-8-26-22(31)28-27-16-14-17(23)21(25)18(24)15-16/h2-3,6-7,14-15H,4-5,8-13H2,1H3,(H,26,31). The molecule has 7 nitrogen and oxygen atoms in total. The number of unbranched alkanes of at least 4 members (excludes halogenated alkanes) is 1. The number of amides is 2. The van der Waals surface area contributed by atoms with Crippen molar-refractivity contribution in [2.45, 2.75) is 12.8 Å². The summed E-state index contributed by atoms with van der Waals surface area (Å²) in [6.07, 6.45) is 1.66. The summed E-state index contributed by atoms with van der Waals surface area (Å²) < 4.78 is 44.6. The van der Waals surface area contributed by atoms with Crippen LogP contribution in [-0.4, -0.2) is 57.3 Å². The van der Waals surface area contributed by atoms with Crippen molar-refractivity contribution in [1.82, 2.24) is 10.2 Å². The van der Waals surface area contributed by atoms with Crippen molar-refractivity contribution in [3.63, 3.8) is 0 Å². The fourth-order valence-corrected chi connectivity index (χ4v) is 3.50. The van der Waals surface area contributed by atoms with Crippen LogP contribution in [0.4, 0.5) is 29.3 Å². The second-order valence-electron chi connectivity index (χ2n) is 7.36. The highest BCUT2D eigenvalue weighted by Gasteiger charge is 2.19. The lowest BCUT2D eigenvalue weighted by molar-refractivity contribution is 0.244. The van der Waals surface area contributed by atoms with Crippen LogP contribution in [0.1, 0.15) is 12.8 Å². The van der Waals surface area contributed by atoms with Gasteiger partial charge in [0.25, 0.3) is 0 Å². The predicted molar refractivity (Wildman–Crippen MR) is 115 cm³/mol. The van der Waals surface area contributed by atoms with E-state index in [0.29, 0.717) is 18.7 Å². The Balaban J connectivity index is 1.32. The fourth-order valence-electron chi connectivity index (χ4n) is 3.50. The summed E-state index contributed by atoms with van der Waals surface area (Å²) in [5, 5.41) is 9.34. The van der Waals surface area contributed by atoms with E-state index in [1.807, 2.05) is 18.2 Å². The van der Waals surface area contributed by atoms with Crippen LogP contribution in [0.5, 0.6) is 5.75 Å². The third kappa shape index (κ3) is 6.43. The van der Waals surface area contributed by atoms with Gasteiger partial charge in [-0.05, 0) is 31.5 Å². The largest absolute Gasteiger partial charge is 0.495 e. The number of azo groups is 1. The van der Waals surface area contributed by atoms with Gasteiger partial charge in [0.2, 0.25) is 0 Å². The first-order chi connectivity index (χ1) is 15.5. The second-order valence-corrected chi connectivity index (χ2v) is 7.36. The molecule has 0 aliphatic carbocycles. The van der Waals surface area contributed by atoms with Gasteiger partial charge in [0.1, 0.15) is 5.75 Å². The number of ether oxygens (including phenoxy) is 1. The van der Waals surface area contributed by atoms with E-state index in [0.717, 1.165) is 57.0 Å². The number of rotatable bonds is 8. The molecule has 2 aromatic carbocycles. The molecule has 0 spiro atoms. The molecule has 1 aliphatic heterocycles. The molecule has 1 fully saturated rings. The third-order valence-electron chi connectivity index (χ3n) is 5.20. The molecule has 1 N–H and O–H groups in total. The fraction of sp³-hybridized carbons (Fsp3) is 0.409. The SMILES string of the molecule is COc1ccccc1N1CCN(CCCCNC(=O)N=Nc2cc(F)c(F)c(F)c2)CC1. The number of hydrogen-bond acceptors (Lipinski definition) is 5. The van der Waals surface area contributed by atoms with E-state index < -0.39 is 23.5 Å². The number of halogens is 3. The molecule has 1 saturated heterocycles. The van der Waals surface area contributed by atoms with Crippen molar-refractivity contribution in [1.29, 1.82) is 0 Å². The lowest BCUT2D eigenvalue weighted by Gasteiger charge is -2.36. The maximum absolute atomic E-state index is 13.1. The Morgan fingerprint density at radius 1 is 1.06 bits per heavy atom. The maximum atomic E-state index is 13.1. The molecule has 0 bridgehead atoms. The average Bonchev–Trinajstić information content (AvgIpc) is 2.81. The average molecular weight is 449 g/mol. The van der Waals surface area contributed by atoms with Crippen LogP contribution >= 0.6 is 0 Å². The van der Waals surface area contributed by atoms with Crippen LogP contribution < -0.4 is 15.0 Å². The summed E-state index contributed by atoms with van der Waals surface area (Å²) in [4.78, 5) is 16.4. The Morgan fingerprint density at radius 3 is 2.44 bits per heavy atom. The van der Waals surface area contributed by atoms with Gasteiger partial charge in [-0.1, -0.05) is 17.2 Å². The first-order valence-corrected chi connectivity index (χ1v) is 10.4. The molecule has 0 saturated carbocycles. The number of carbonyl (C=O) groups is 1. The quantitative estimate of drug-likeness (QED) is 0.366. The highest BCUT2D eigenvalue weighted by atomic mass is 19.2. The molecule has 172 valence electrons.